The number of fused-ring (bicyclic) bond motifs is 2. The number of rotatable bonds is 2. The summed E-state index contributed by atoms with van der Waals surface area (Å²) < 4.78 is 30.7. The van der Waals surface area contributed by atoms with Gasteiger partial charge in [-0.05, 0) is 36.5 Å². The fourth-order valence-corrected chi connectivity index (χ4v) is 2.93. The van der Waals surface area contributed by atoms with Crippen molar-refractivity contribution >= 4 is 18.0 Å². The molecule has 3 heterocycles. The molecule has 2 aromatic rings. The molecule has 2 bridgehead atoms. The summed E-state index contributed by atoms with van der Waals surface area (Å²) in [4.78, 5) is 12.0. The Bertz CT molecular complexity index is 785. The van der Waals surface area contributed by atoms with E-state index in [1.54, 1.807) is 12.1 Å². The minimum atomic E-state index is -0.765. The van der Waals surface area contributed by atoms with Crippen LogP contribution in [0.1, 0.15) is 12.5 Å². The maximum absolute atomic E-state index is 13.0. The van der Waals surface area contributed by atoms with Gasteiger partial charge in [0.1, 0.15) is 11.9 Å². The zero-order valence-corrected chi connectivity index (χ0v) is 12.1. The molecule has 1 aromatic carbocycles. The van der Waals surface area contributed by atoms with Crippen LogP contribution in [0.25, 0.3) is 11.5 Å². The summed E-state index contributed by atoms with van der Waals surface area (Å²) in [5.41, 5.74) is 0.606. The molecule has 2 fully saturated rings. The molecule has 2 aliphatic heterocycles. The molecule has 0 amide bonds. The summed E-state index contributed by atoms with van der Waals surface area (Å²) in [6, 6.07) is 5.39. The average molecular weight is 322 g/mol. The maximum Gasteiger partial charge on any atom is 0.287 e. The molecule has 0 spiro atoms. The van der Waals surface area contributed by atoms with E-state index in [4.69, 9.17) is 26.1 Å². The molecule has 3 atom stereocenters. The number of ether oxygens (including phenoxy) is 2. The number of carbonyl (C=O) groups excluding carboxylic acids is 1. The Labute approximate surface area is 129 Å². The fraction of sp³-hybridized carbons (Fsp3) is 0.357. The highest BCUT2D eigenvalue weighted by Gasteiger charge is 2.45. The van der Waals surface area contributed by atoms with Crippen molar-refractivity contribution in [2.24, 2.45) is 0 Å². The first kappa shape index (κ1) is 13.7. The zero-order chi connectivity index (χ0) is 15.3. The smallest absolute Gasteiger partial charge is 0.287 e. The molecule has 0 aliphatic carbocycles. The number of aromatic nitrogens is 2. The molecule has 2 aliphatic rings. The number of halogens is 1. The summed E-state index contributed by atoms with van der Waals surface area (Å²) in [7, 11) is 0. The van der Waals surface area contributed by atoms with E-state index in [1.807, 2.05) is 0 Å². The van der Waals surface area contributed by atoms with E-state index in [0.29, 0.717) is 12.2 Å². The second-order valence-electron chi connectivity index (χ2n) is 5.20. The Morgan fingerprint density at radius 1 is 1.32 bits per heavy atom. The van der Waals surface area contributed by atoms with Crippen molar-refractivity contribution in [1.29, 1.82) is 0 Å². The topological polar surface area (TPSA) is 66.5 Å². The van der Waals surface area contributed by atoms with Crippen LogP contribution in [0.2, 0.25) is 0 Å². The van der Waals surface area contributed by atoms with Crippen LogP contribution in [-0.4, -0.2) is 34.6 Å². The van der Waals surface area contributed by atoms with E-state index < -0.39 is 6.29 Å². The standard InChI is InChI=1S/C14H11FN2O4S/c15-8-3-1-7(2-4-8)12-16-17(14(22)21-12)9-5-10(18)13-19-6-11(9)20-13/h1-4,9,11,13H,5-6H2/t9-,11-,13-/m1/s1. The Hall–Kier alpha value is -1.90. The summed E-state index contributed by atoms with van der Waals surface area (Å²) in [5.74, 6) is -0.201. The summed E-state index contributed by atoms with van der Waals surface area (Å²) >= 11 is 5.18. The number of ketones is 1. The monoisotopic (exact) mass is 322 g/mol. The summed E-state index contributed by atoms with van der Waals surface area (Å²) in [6.07, 6.45) is -0.807. The highest BCUT2D eigenvalue weighted by molar-refractivity contribution is 7.71. The largest absolute Gasteiger partial charge is 0.409 e. The Balaban J connectivity index is 1.70. The highest BCUT2D eigenvalue weighted by atomic mass is 32.1. The van der Waals surface area contributed by atoms with Gasteiger partial charge in [-0.3, -0.25) is 4.79 Å². The first-order valence-corrected chi connectivity index (χ1v) is 7.18. The van der Waals surface area contributed by atoms with Gasteiger partial charge in [-0.1, -0.05) is 0 Å². The van der Waals surface area contributed by atoms with Crippen LogP contribution in [0.4, 0.5) is 4.39 Å². The molecule has 1 aromatic heterocycles. The van der Waals surface area contributed by atoms with Crippen molar-refractivity contribution in [2.45, 2.75) is 24.9 Å². The van der Waals surface area contributed by atoms with Crippen LogP contribution in [0.15, 0.2) is 28.7 Å². The third kappa shape index (κ3) is 2.20. The van der Waals surface area contributed by atoms with Crippen molar-refractivity contribution < 1.29 is 23.1 Å². The molecule has 0 unspecified atom stereocenters. The van der Waals surface area contributed by atoms with Gasteiger partial charge in [-0.25, -0.2) is 9.07 Å². The Kier molecular flexibility index (Phi) is 3.17. The fourth-order valence-electron chi connectivity index (χ4n) is 2.68. The molecule has 8 heteroatoms. The van der Waals surface area contributed by atoms with E-state index in [-0.39, 0.29) is 40.9 Å². The number of hydrogen-bond acceptors (Lipinski definition) is 6. The molecular weight excluding hydrogens is 311 g/mol. The molecule has 114 valence electrons. The summed E-state index contributed by atoms with van der Waals surface area (Å²) in [6.45, 7) is 0.321. The first-order chi connectivity index (χ1) is 10.6. The number of nitrogens with zero attached hydrogens (tertiary/aromatic N) is 2. The second-order valence-corrected chi connectivity index (χ2v) is 5.55. The lowest BCUT2D eigenvalue weighted by molar-refractivity contribution is -0.156. The quantitative estimate of drug-likeness (QED) is 0.790. The van der Waals surface area contributed by atoms with Gasteiger partial charge in [-0.2, -0.15) is 0 Å². The molecule has 22 heavy (non-hydrogen) atoms. The third-order valence-corrected chi connectivity index (χ3v) is 4.06. The van der Waals surface area contributed by atoms with Crippen LogP contribution in [0.5, 0.6) is 0 Å². The first-order valence-electron chi connectivity index (χ1n) is 6.77. The van der Waals surface area contributed by atoms with E-state index in [2.05, 4.69) is 5.10 Å². The number of carbonyl (C=O) groups is 1. The number of Topliss-reactive ketones (excluding diaryl/α,β-unsaturated/α-hetero) is 1. The van der Waals surface area contributed by atoms with Crippen LogP contribution in [-0.2, 0) is 14.3 Å². The molecule has 2 saturated heterocycles. The zero-order valence-electron chi connectivity index (χ0n) is 11.3. The molecule has 0 N–H and O–H groups in total. The molecule has 6 nitrogen and oxygen atoms in total. The van der Waals surface area contributed by atoms with Crippen LogP contribution >= 0.6 is 12.2 Å². The van der Waals surface area contributed by atoms with E-state index in [0.717, 1.165) is 0 Å². The lowest BCUT2D eigenvalue weighted by Crippen LogP contribution is -2.37. The van der Waals surface area contributed by atoms with Crippen molar-refractivity contribution in [3.05, 3.63) is 34.9 Å². The minimum absolute atomic E-state index is 0.132. The third-order valence-electron chi connectivity index (χ3n) is 3.79. The Morgan fingerprint density at radius 2 is 2.09 bits per heavy atom. The Morgan fingerprint density at radius 3 is 2.86 bits per heavy atom. The van der Waals surface area contributed by atoms with Crippen LogP contribution < -0.4 is 0 Å². The van der Waals surface area contributed by atoms with Gasteiger partial charge in [0.2, 0.25) is 12.2 Å². The van der Waals surface area contributed by atoms with Crippen LogP contribution in [0, 0.1) is 10.7 Å². The number of hydrogen-bond donors (Lipinski definition) is 0. The van der Waals surface area contributed by atoms with Crippen molar-refractivity contribution in [2.75, 3.05) is 6.61 Å². The van der Waals surface area contributed by atoms with Crippen LogP contribution in [0.3, 0.4) is 0 Å². The molecule has 4 rings (SSSR count). The lowest BCUT2D eigenvalue weighted by Gasteiger charge is -2.25. The maximum atomic E-state index is 13.0. The van der Waals surface area contributed by atoms with Gasteiger partial charge in [0, 0.05) is 12.0 Å². The second kappa shape index (κ2) is 5.08. The number of benzene rings is 1. The highest BCUT2D eigenvalue weighted by Crippen LogP contribution is 2.33. The van der Waals surface area contributed by atoms with E-state index in [9.17, 15) is 9.18 Å². The van der Waals surface area contributed by atoms with Gasteiger partial charge in [0.15, 0.2) is 5.78 Å². The molecule has 0 saturated carbocycles. The van der Waals surface area contributed by atoms with Crippen molar-refractivity contribution in [1.82, 2.24) is 9.78 Å². The average Bonchev–Trinajstić information content (AvgIpc) is 3.09. The van der Waals surface area contributed by atoms with Gasteiger partial charge < -0.3 is 13.9 Å². The normalized spacial score (nSPS) is 27.3. The minimum Gasteiger partial charge on any atom is -0.409 e. The molecule has 0 radical (unpaired) electrons. The predicted molar refractivity (Wildman–Crippen MR) is 74.0 cm³/mol. The summed E-state index contributed by atoms with van der Waals surface area (Å²) in [5, 5.41) is 4.32. The van der Waals surface area contributed by atoms with Gasteiger partial charge in [-0.15, -0.1) is 5.10 Å². The van der Waals surface area contributed by atoms with Gasteiger partial charge in [0.05, 0.1) is 12.6 Å². The van der Waals surface area contributed by atoms with Gasteiger partial charge >= 0.3 is 0 Å². The predicted octanol–water partition coefficient (Wildman–Crippen LogP) is 2.27. The van der Waals surface area contributed by atoms with Gasteiger partial charge in [0.25, 0.3) is 4.84 Å². The van der Waals surface area contributed by atoms with Crippen molar-refractivity contribution in [3.8, 4) is 11.5 Å². The van der Waals surface area contributed by atoms with E-state index >= 15 is 0 Å². The lowest BCUT2D eigenvalue weighted by atomic mass is 10.0. The molecular formula is C14H11FN2O4S. The van der Waals surface area contributed by atoms with E-state index in [1.165, 1.54) is 16.8 Å². The SMILES string of the molecule is O=C1C[C@@H](n2nc(-c3ccc(F)cc3)oc2=S)[C@H]2CO[C@@H]1O2. The van der Waals surface area contributed by atoms with Crippen molar-refractivity contribution in [3.63, 3.8) is 0 Å².